The summed E-state index contributed by atoms with van der Waals surface area (Å²) < 4.78 is 33.6. The largest absolute Gasteiger partial charge is 0.305 e. The number of carbonyl (C=O) groups excluding carboxylic acids is 1. The van der Waals surface area contributed by atoms with Crippen LogP contribution in [0.3, 0.4) is 0 Å². The van der Waals surface area contributed by atoms with Gasteiger partial charge in [-0.2, -0.15) is 13.5 Å². The Labute approximate surface area is 200 Å². The van der Waals surface area contributed by atoms with E-state index in [0.717, 1.165) is 11.1 Å². The quantitative estimate of drug-likeness (QED) is 0.113. The molecule has 0 aliphatic rings. The molecule has 0 aliphatic carbocycles. The molecular weight excluding hydrogens is 470 g/mol. The van der Waals surface area contributed by atoms with E-state index in [1.54, 1.807) is 54.6 Å². The Balaban J connectivity index is 1.68. The Bertz CT molecular complexity index is 1550. The normalized spacial score (nSPS) is 11.9. The summed E-state index contributed by atoms with van der Waals surface area (Å²) in [5.41, 5.74) is 1.42. The summed E-state index contributed by atoms with van der Waals surface area (Å²) in [4.78, 5) is 12.3. The summed E-state index contributed by atoms with van der Waals surface area (Å²) in [5.74, 6) is 10.7. The Morgan fingerprint density at radius 1 is 0.829 bits per heavy atom. The van der Waals surface area contributed by atoms with Crippen LogP contribution in [0.1, 0.15) is 10.4 Å². The zero-order chi connectivity index (χ0) is 25.0. The Morgan fingerprint density at radius 3 is 2.09 bits per heavy atom. The van der Waals surface area contributed by atoms with Gasteiger partial charge in [0.05, 0.1) is 11.4 Å². The van der Waals surface area contributed by atoms with Crippen LogP contribution in [0.2, 0.25) is 0 Å². The van der Waals surface area contributed by atoms with E-state index in [9.17, 15) is 17.8 Å². The SMILES string of the molecule is NN=Nc1c(/N=N/c2ccc(C(=O)N(N)c3ccccc3)cc2)cc(S(=O)(=O)O)c2ccccc12. The third-order valence-corrected chi connectivity index (χ3v) is 5.93. The van der Waals surface area contributed by atoms with Crippen molar-refractivity contribution in [3.8, 4) is 0 Å². The number of fused-ring (bicyclic) bond motifs is 1. The lowest BCUT2D eigenvalue weighted by Gasteiger charge is -2.16. The van der Waals surface area contributed by atoms with Gasteiger partial charge < -0.3 is 5.84 Å². The smallest absolute Gasteiger partial charge is 0.295 e. The van der Waals surface area contributed by atoms with Crippen molar-refractivity contribution in [3.63, 3.8) is 0 Å². The van der Waals surface area contributed by atoms with Crippen molar-refractivity contribution in [1.82, 2.24) is 0 Å². The van der Waals surface area contributed by atoms with E-state index in [0.29, 0.717) is 22.3 Å². The van der Waals surface area contributed by atoms with Crippen molar-refractivity contribution in [1.29, 1.82) is 0 Å². The van der Waals surface area contributed by atoms with Crippen LogP contribution in [0.25, 0.3) is 10.8 Å². The number of hydrogen-bond acceptors (Lipinski definition) is 8. The van der Waals surface area contributed by atoms with Crippen molar-refractivity contribution in [2.24, 2.45) is 32.3 Å². The van der Waals surface area contributed by atoms with E-state index in [4.69, 9.17) is 11.7 Å². The van der Waals surface area contributed by atoms with E-state index in [2.05, 4.69) is 20.6 Å². The van der Waals surface area contributed by atoms with Crippen molar-refractivity contribution in [2.75, 3.05) is 5.01 Å². The number of carbonyl (C=O) groups is 1. The minimum atomic E-state index is -4.57. The molecule has 0 fully saturated rings. The second-order valence-electron chi connectivity index (χ2n) is 7.24. The number of amides is 1. The fourth-order valence-electron chi connectivity index (χ4n) is 3.39. The zero-order valence-electron chi connectivity index (χ0n) is 18.1. The minimum absolute atomic E-state index is 0.0166. The zero-order valence-corrected chi connectivity index (χ0v) is 18.9. The lowest BCUT2D eigenvalue weighted by atomic mass is 10.1. The van der Waals surface area contributed by atoms with E-state index in [1.165, 1.54) is 18.2 Å². The number of para-hydroxylation sites is 1. The van der Waals surface area contributed by atoms with Gasteiger partial charge in [-0.3, -0.25) is 9.35 Å². The molecule has 5 N–H and O–H groups in total. The van der Waals surface area contributed by atoms with Crippen LogP contribution in [0.15, 0.2) is 110 Å². The summed E-state index contributed by atoms with van der Waals surface area (Å²) in [5, 5.41) is 17.0. The third kappa shape index (κ3) is 5.04. The molecule has 0 bridgehead atoms. The maximum absolute atomic E-state index is 12.6. The van der Waals surface area contributed by atoms with Crippen molar-refractivity contribution in [3.05, 3.63) is 90.5 Å². The number of nitrogens with two attached hydrogens (primary N) is 2. The van der Waals surface area contributed by atoms with Gasteiger partial charge in [0.15, 0.2) is 0 Å². The molecule has 0 saturated carbocycles. The van der Waals surface area contributed by atoms with E-state index in [1.807, 2.05) is 6.07 Å². The van der Waals surface area contributed by atoms with Crippen LogP contribution in [0.4, 0.5) is 22.7 Å². The van der Waals surface area contributed by atoms with Crippen molar-refractivity contribution >= 4 is 49.5 Å². The van der Waals surface area contributed by atoms with Gasteiger partial charge in [-0.15, -0.1) is 10.2 Å². The van der Waals surface area contributed by atoms with E-state index in [-0.39, 0.29) is 21.7 Å². The average molecular weight is 490 g/mol. The molecule has 0 aliphatic heterocycles. The number of hydrogen-bond donors (Lipinski definition) is 3. The van der Waals surface area contributed by atoms with Crippen LogP contribution in [0, 0.1) is 0 Å². The molecular formula is C23H19N7O4S. The number of rotatable bonds is 6. The summed E-state index contributed by atoms with van der Waals surface area (Å²) >= 11 is 0. The number of nitrogens with zero attached hydrogens (tertiary/aromatic N) is 5. The molecule has 35 heavy (non-hydrogen) atoms. The number of azo groups is 1. The first-order valence-corrected chi connectivity index (χ1v) is 11.5. The van der Waals surface area contributed by atoms with Crippen molar-refractivity contribution in [2.45, 2.75) is 4.90 Å². The van der Waals surface area contributed by atoms with Gasteiger partial charge in [-0.25, -0.2) is 10.9 Å². The number of hydrazine groups is 1. The van der Waals surface area contributed by atoms with Crippen LogP contribution in [0.5, 0.6) is 0 Å². The van der Waals surface area contributed by atoms with Crippen LogP contribution in [-0.2, 0) is 10.1 Å². The maximum Gasteiger partial charge on any atom is 0.295 e. The highest BCUT2D eigenvalue weighted by atomic mass is 32.2. The molecule has 0 radical (unpaired) electrons. The third-order valence-electron chi connectivity index (χ3n) is 5.03. The fourth-order valence-corrected chi connectivity index (χ4v) is 4.11. The van der Waals surface area contributed by atoms with Crippen molar-refractivity contribution < 1.29 is 17.8 Å². The van der Waals surface area contributed by atoms with Gasteiger partial charge in [-0.1, -0.05) is 47.7 Å². The van der Waals surface area contributed by atoms with E-state index >= 15 is 0 Å². The molecule has 0 unspecified atom stereocenters. The summed E-state index contributed by atoms with van der Waals surface area (Å²) in [6.07, 6.45) is 0. The second-order valence-corrected chi connectivity index (χ2v) is 8.63. The van der Waals surface area contributed by atoms with Gasteiger partial charge in [-0.05, 0) is 42.5 Å². The molecule has 0 saturated heterocycles. The highest BCUT2D eigenvalue weighted by Gasteiger charge is 2.20. The summed E-state index contributed by atoms with van der Waals surface area (Å²) in [7, 11) is -4.57. The predicted octanol–water partition coefficient (Wildman–Crippen LogP) is 4.98. The summed E-state index contributed by atoms with van der Waals surface area (Å²) in [6.45, 7) is 0. The average Bonchev–Trinajstić information content (AvgIpc) is 2.87. The summed E-state index contributed by atoms with van der Waals surface area (Å²) in [6, 6.07) is 22.5. The minimum Gasteiger partial charge on any atom is -0.305 e. The lowest BCUT2D eigenvalue weighted by Crippen LogP contribution is -2.37. The molecule has 4 rings (SSSR count). The monoisotopic (exact) mass is 489 g/mol. The lowest BCUT2D eigenvalue weighted by molar-refractivity contribution is 0.0987. The predicted molar refractivity (Wildman–Crippen MR) is 131 cm³/mol. The molecule has 0 heterocycles. The fraction of sp³-hybridized carbons (Fsp3) is 0. The molecule has 4 aromatic rings. The molecule has 0 aromatic heterocycles. The highest BCUT2D eigenvalue weighted by molar-refractivity contribution is 7.86. The van der Waals surface area contributed by atoms with E-state index < -0.39 is 16.0 Å². The topological polar surface area (TPSA) is 176 Å². The molecule has 0 atom stereocenters. The molecule has 4 aromatic carbocycles. The second kappa shape index (κ2) is 9.77. The first kappa shape index (κ1) is 23.6. The highest BCUT2D eigenvalue weighted by Crippen LogP contribution is 2.40. The van der Waals surface area contributed by atoms with Gasteiger partial charge in [0.2, 0.25) is 0 Å². The molecule has 0 spiro atoms. The van der Waals surface area contributed by atoms with Crippen LogP contribution in [-0.4, -0.2) is 18.9 Å². The van der Waals surface area contributed by atoms with Gasteiger partial charge in [0, 0.05) is 16.3 Å². The van der Waals surface area contributed by atoms with Gasteiger partial charge in [0.25, 0.3) is 16.0 Å². The number of benzene rings is 4. The molecule has 11 nitrogen and oxygen atoms in total. The van der Waals surface area contributed by atoms with Gasteiger partial charge >= 0.3 is 0 Å². The molecule has 1 amide bonds. The first-order valence-electron chi connectivity index (χ1n) is 10.1. The Kier molecular flexibility index (Phi) is 6.59. The molecule has 12 heteroatoms. The Hall–Kier alpha value is -4.52. The standard InChI is InChI=1S/C23H19N7O4S/c24-29-28-22-19-9-5-4-8-18(19)21(35(32,33)34)14-20(22)27-26-16-12-10-15(11-13-16)23(31)30(25)17-6-2-1-3-7-17/h1-14H,25H2,(H2,24,28)(H,32,33,34)/b27-26+. The number of anilines is 1. The first-order chi connectivity index (χ1) is 16.8. The van der Waals surface area contributed by atoms with Gasteiger partial charge in [0.1, 0.15) is 16.3 Å². The maximum atomic E-state index is 12.6. The van der Waals surface area contributed by atoms with Crippen LogP contribution < -0.4 is 16.7 Å². The molecule has 176 valence electrons. The van der Waals surface area contributed by atoms with Crippen LogP contribution >= 0.6 is 0 Å². The Morgan fingerprint density at radius 2 is 1.46 bits per heavy atom.